The van der Waals surface area contributed by atoms with E-state index < -0.39 is 12.7 Å². The summed E-state index contributed by atoms with van der Waals surface area (Å²) in [6.07, 6.45) is -3.40. The molecule has 0 aromatic carbocycles. The van der Waals surface area contributed by atoms with Gasteiger partial charge in [0.1, 0.15) is 0 Å². The molecule has 0 saturated carbocycles. The summed E-state index contributed by atoms with van der Waals surface area (Å²) < 4.78 is 39.3. The molecule has 2 rings (SSSR count). The molecule has 1 saturated heterocycles. The van der Waals surface area contributed by atoms with Crippen LogP contribution in [0.4, 0.5) is 13.2 Å². The summed E-state index contributed by atoms with van der Waals surface area (Å²) in [6, 6.07) is 0. The van der Waals surface area contributed by atoms with Gasteiger partial charge in [-0.15, -0.1) is 0 Å². The molecular weight excluding hydrogens is 309 g/mol. The lowest BCUT2D eigenvalue weighted by Crippen LogP contribution is -2.37. The fourth-order valence-corrected chi connectivity index (χ4v) is 3.09. The largest absolute Gasteiger partial charge is 0.401 e. The minimum absolute atomic E-state index is 0.0392. The molecule has 0 unspecified atom stereocenters. The first-order chi connectivity index (χ1) is 10.8. The summed E-state index contributed by atoms with van der Waals surface area (Å²) in [6.45, 7) is 6.61. The summed E-state index contributed by atoms with van der Waals surface area (Å²) in [4.78, 5) is 3.67. The lowest BCUT2D eigenvalue weighted by atomic mass is 10.2. The van der Waals surface area contributed by atoms with E-state index in [1.165, 1.54) is 4.90 Å². The van der Waals surface area contributed by atoms with Gasteiger partial charge in [-0.1, -0.05) is 0 Å². The van der Waals surface area contributed by atoms with E-state index in [2.05, 4.69) is 10.00 Å². The molecule has 0 atom stereocenters. The Hall–Kier alpha value is -1.12. The van der Waals surface area contributed by atoms with Gasteiger partial charge in [-0.05, 0) is 33.4 Å². The van der Waals surface area contributed by atoms with Gasteiger partial charge in [0.15, 0.2) is 0 Å². The Morgan fingerprint density at radius 1 is 1.09 bits per heavy atom. The number of aromatic nitrogens is 2. The molecule has 23 heavy (non-hydrogen) atoms. The SMILES string of the molecule is Cc1nn(CCO)c(C)c1CN1CCCN(CC(F)(F)F)CC1. The van der Waals surface area contributed by atoms with Gasteiger partial charge in [-0.3, -0.25) is 14.5 Å². The smallest absolute Gasteiger partial charge is 0.394 e. The van der Waals surface area contributed by atoms with Gasteiger partial charge in [-0.25, -0.2) is 0 Å². The van der Waals surface area contributed by atoms with E-state index in [-0.39, 0.29) is 6.61 Å². The molecule has 8 heteroatoms. The molecule has 1 N–H and O–H groups in total. The quantitative estimate of drug-likeness (QED) is 0.888. The number of hydrogen-bond acceptors (Lipinski definition) is 4. The number of alkyl halides is 3. The lowest BCUT2D eigenvalue weighted by molar-refractivity contribution is -0.145. The third kappa shape index (κ3) is 5.19. The van der Waals surface area contributed by atoms with Crippen LogP contribution in [0.5, 0.6) is 0 Å². The molecule has 1 fully saturated rings. The van der Waals surface area contributed by atoms with E-state index in [0.717, 1.165) is 29.9 Å². The number of aryl methyl sites for hydroxylation is 1. The van der Waals surface area contributed by atoms with Crippen LogP contribution in [-0.4, -0.2) is 70.2 Å². The fourth-order valence-electron chi connectivity index (χ4n) is 3.09. The molecule has 1 aromatic heterocycles. The van der Waals surface area contributed by atoms with Gasteiger partial charge in [0.25, 0.3) is 0 Å². The van der Waals surface area contributed by atoms with Gasteiger partial charge >= 0.3 is 6.18 Å². The van der Waals surface area contributed by atoms with Crippen LogP contribution in [0.2, 0.25) is 0 Å². The van der Waals surface area contributed by atoms with E-state index in [1.807, 2.05) is 13.8 Å². The molecule has 1 aliphatic rings. The van der Waals surface area contributed by atoms with Crippen LogP contribution < -0.4 is 0 Å². The van der Waals surface area contributed by atoms with Crippen LogP contribution in [0.1, 0.15) is 23.4 Å². The summed E-state index contributed by atoms with van der Waals surface area (Å²) in [5.41, 5.74) is 3.06. The maximum Gasteiger partial charge on any atom is 0.401 e. The van der Waals surface area contributed by atoms with Crippen molar-refractivity contribution in [2.75, 3.05) is 39.3 Å². The highest BCUT2D eigenvalue weighted by Crippen LogP contribution is 2.19. The number of aliphatic hydroxyl groups excluding tert-OH is 1. The first-order valence-electron chi connectivity index (χ1n) is 7.95. The van der Waals surface area contributed by atoms with Crippen LogP contribution in [0, 0.1) is 13.8 Å². The van der Waals surface area contributed by atoms with Crippen LogP contribution in [-0.2, 0) is 13.1 Å². The van der Waals surface area contributed by atoms with Crippen LogP contribution in [0.25, 0.3) is 0 Å². The van der Waals surface area contributed by atoms with Crippen molar-refractivity contribution in [1.29, 1.82) is 0 Å². The Bertz CT molecular complexity index is 516. The molecule has 0 aliphatic carbocycles. The minimum Gasteiger partial charge on any atom is -0.394 e. The van der Waals surface area contributed by atoms with Gasteiger partial charge in [0.2, 0.25) is 0 Å². The zero-order valence-electron chi connectivity index (χ0n) is 13.7. The molecule has 5 nitrogen and oxygen atoms in total. The average molecular weight is 334 g/mol. The van der Waals surface area contributed by atoms with Crippen molar-refractivity contribution in [2.45, 2.75) is 39.5 Å². The Kier molecular flexibility index (Phi) is 6.05. The maximum atomic E-state index is 12.5. The average Bonchev–Trinajstić information content (AvgIpc) is 2.63. The molecule has 0 bridgehead atoms. The van der Waals surface area contributed by atoms with Crippen LogP contribution in [0.15, 0.2) is 0 Å². The van der Waals surface area contributed by atoms with Crippen molar-refractivity contribution in [1.82, 2.24) is 19.6 Å². The molecule has 2 heterocycles. The van der Waals surface area contributed by atoms with Crippen molar-refractivity contribution >= 4 is 0 Å². The minimum atomic E-state index is -4.13. The van der Waals surface area contributed by atoms with E-state index in [4.69, 9.17) is 5.11 Å². The monoisotopic (exact) mass is 334 g/mol. The topological polar surface area (TPSA) is 44.5 Å². The van der Waals surface area contributed by atoms with Gasteiger partial charge in [0, 0.05) is 30.9 Å². The second kappa shape index (κ2) is 7.63. The van der Waals surface area contributed by atoms with E-state index in [1.54, 1.807) is 4.68 Å². The molecule has 132 valence electrons. The van der Waals surface area contributed by atoms with E-state index >= 15 is 0 Å². The third-order valence-corrected chi connectivity index (χ3v) is 4.31. The van der Waals surface area contributed by atoms with Crippen LogP contribution in [0.3, 0.4) is 0 Å². The highest BCUT2D eigenvalue weighted by atomic mass is 19.4. The summed E-state index contributed by atoms with van der Waals surface area (Å²) >= 11 is 0. The predicted octanol–water partition coefficient (Wildman–Crippen LogP) is 1.56. The summed E-state index contributed by atoms with van der Waals surface area (Å²) in [5.74, 6) is 0. The Morgan fingerprint density at radius 3 is 2.39 bits per heavy atom. The second-order valence-corrected chi connectivity index (χ2v) is 6.12. The van der Waals surface area contributed by atoms with Crippen molar-refractivity contribution in [3.63, 3.8) is 0 Å². The third-order valence-electron chi connectivity index (χ3n) is 4.31. The zero-order valence-corrected chi connectivity index (χ0v) is 13.7. The Labute approximate surface area is 134 Å². The van der Waals surface area contributed by atoms with Crippen molar-refractivity contribution in [3.8, 4) is 0 Å². The molecule has 1 aromatic rings. The standard InChI is InChI=1S/C15H25F3N4O/c1-12-14(13(2)22(19-12)8-9-23)10-20-4-3-5-21(7-6-20)11-15(16,17)18/h23H,3-11H2,1-2H3. The first kappa shape index (κ1) is 18.2. The molecular formula is C15H25F3N4O. The highest BCUT2D eigenvalue weighted by molar-refractivity contribution is 5.24. The molecule has 0 radical (unpaired) electrons. The zero-order chi connectivity index (χ0) is 17.0. The molecule has 1 aliphatic heterocycles. The number of nitrogens with zero attached hydrogens (tertiary/aromatic N) is 4. The number of halogens is 3. The Morgan fingerprint density at radius 2 is 1.74 bits per heavy atom. The summed E-state index contributed by atoms with van der Waals surface area (Å²) in [5, 5.41) is 13.5. The highest BCUT2D eigenvalue weighted by Gasteiger charge is 2.31. The van der Waals surface area contributed by atoms with Gasteiger partial charge < -0.3 is 5.11 Å². The van der Waals surface area contributed by atoms with Gasteiger partial charge in [-0.2, -0.15) is 18.3 Å². The number of rotatable bonds is 5. The van der Waals surface area contributed by atoms with Crippen LogP contribution >= 0.6 is 0 Å². The van der Waals surface area contributed by atoms with Crippen molar-refractivity contribution in [2.24, 2.45) is 0 Å². The number of aliphatic hydroxyl groups is 1. The normalized spacial score (nSPS) is 18.3. The van der Waals surface area contributed by atoms with Crippen molar-refractivity contribution < 1.29 is 18.3 Å². The fraction of sp³-hybridized carbons (Fsp3) is 0.800. The lowest BCUT2D eigenvalue weighted by Gasteiger charge is -2.22. The maximum absolute atomic E-state index is 12.5. The summed E-state index contributed by atoms with van der Waals surface area (Å²) in [7, 11) is 0. The van der Waals surface area contributed by atoms with Crippen molar-refractivity contribution in [3.05, 3.63) is 17.0 Å². The predicted molar refractivity (Wildman–Crippen MR) is 81.2 cm³/mol. The Balaban J connectivity index is 1.96. The van der Waals surface area contributed by atoms with E-state index in [9.17, 15) is 13.2 Å². The number of hydrogen-bond donors (Lipinski definition) is 1. The van der Waals surface area contributed by atoms with E-state index in [0.29, 0.717) is 32.7 Å². The second-order valence-electron chi connectivity index (χ2n) is 6.12. The molecule has 0 spiro atoms. The molecule has 0 amide bonds. The van der Waals surface area contributed by atoms with Gasteiger partial charge in [0.05, 0.1) is 25.4 Å². The first-order valence-corrected chi connectivity index (χ1v) is 7.95.